The Morgan fingerprint density at radius 2 is 1.00 bits per heavy atom. The average molecular weight is 401 g/mol. The standard InChI is InChI=1S/3C6H10N.C5H5.Ti/c3*1-3-5-7-6-4-2;1-2-4-5-3-1;/h3*3-4H,1-2,5-6H2;1-3H,4H2;/q3*-1;;+3. The topological polar surface area (TPSA) is 9.72 Å². The van der Waals surface area contributed by atoms with E-state index in [2.05, 4.69) is 67.8 Å². The predicted molar refractivity (Wildman–Crippen MR) is 118 cm³/mol. The number of hydrogen-bond donors (Lipinski definition) is 0. The molecule has 3 nitrogen and oxygen atoms in total. The molecule has 4 heteroatoms. The quantitative estimate of drug-likeness (QED) is 0.273. The molecule has 1 rings (SSSR count). The van der Waals surface area contributed by atoms with E-state index in [0.29, 0.717) is 0 Å². The van der Waals surface area contributed by atoms with E-state index in [1.54, 1.807) is 0 Å². The van der Waals surface area contributed by atoms with Crippen LogP contribution in [0.3, 0.4) is 0 Å². The van der Waals surface area contributed by atoms with Crippen molar-refractivity contribution in [3.63, 3.8) is 0 Å². The van der Waals surface area contributed by atoms with Crippen LogP contribution < -0.4 is 0 Å². The van der Waals surface area contributed by atoms with E-state index in [0.717, 1.165) is 45.7 Å². The fourth-order valence-electron chi connectivity index (χ4n) is 3.83. The molecular formula is C23H35N3Ti. The molecule has 146 valence electrons. The molecule has 0 saturated carbocycles. The van der Waals surface area contributed by atoms with Gasteiger partial charge in [0.2, 0.25) is 0 Å². The number of allylic oxidation sites excluding steroid dienone is 4. The first-order valence-corrected chi connectivity index (χ1v) is 12.3. The van der Waals surface area contributed by atoms with Crippen LogP contribution >= 0.6 is 0 Å². The maximum atomic E-state index is 4.03. The van der Waals surface area contributed by atoms with Gasteiger partial charge in [-0.05, 0) is 0 Å². The van der Waals surface area contributed by atoms with Crippen molar-refractivity contribution in [3.8, 4) is 0 Å². The molecule has 0 aromatic carbocycles. The van der Waals surface area contributed by atoms with Crippen LogP contribution in [-0.2, 0) is 17.4 Å². The summed E-state index contributed by atoms with van der Waals surface area (Å²) in [6.45, 7) is 29.0. The molecule has 27 heavy (non-hydrogen) atoms. The van der Waals surface area contributed by atoms with Crippen LogP contribution in [0.2, 0.25) is 0 Å². The van der Waals surface area contributed by atoms with Crippen molar-refractivity contribution >= 4 is 0 Å². The fraction of sp³-hybridized carbons (Fsp3) is 0.304. The van der Waals surface area contributed by atoms with Crippen LogP contribution in [0.5, 0.6) is 0 Å². The molecule has 0 aromatic heterocycles. The minimum absolute atomic E-state index is 0.804. The van der Waals surface area contributed by atoms with Gasteiger partial charge in [-0.25, -0.2) is 0 Å². The van der Waals surface area contributed by atoms with Crippen LogP contribution in [0.25, 0.3) is 0 Å². The molecule has 0 atom stereocenters. The van der Waals surface area contributed by atoms with Gasteiger partial charge in [0, 0.05) is 0 Å². The number of rotatable bonds is 16. The molecule has 0 heterocycles. The van der Waals surface area contributed by atoms with Crippen molar-refractivity contribution < 1.29 is 17.4 Å². The summed E-state index contributed by atoms with van der Waals surface area (Å²) in [5.41, 5.74) is 0. The van der Waals surface area contributed by atoms with Gasteiger partial charge in [-0.2, -0.15) is 0 Å². The van der Waals surface area contributed by atoms with Gasteiger partial charge >= 0.3 is 171 Å². The Hall–Kier alpha value is -1.49. The van der Waals surface area contributed by atoms with Gasteiger partial charge in [0.25, 0.3) is 0 Å². The van der Waals surface area contributed by atoms with E-state index >= 15 is 0 Å². The van der Waals surface area contributed by atoms with Crippen LogP contribution in [0.1, 0.15) is 6.42 Å². The Morgan fingerprint density at radius 1 is 0.667 bits per heavy atom. The summed E-state index contributed by atoms with van der Waals surface area (Å²) >= 11 is -3.21. The van der Waals surface area contributed by atoms with Gasteiger partial charge in [0.1, 0.15) is 0 Å². The van der Waals surface area contributed by atoms with Gasteiger partial charge in [-0.1, -0.05) is 0 Å². The summed E-state index contributed by atoms with van der Waals surface area (Å²) in [5, 5.41) is 0. The van der Waals surface area contributed by atoms with Crippen LogP contribution in [0.15, 0.2) is 98.0 Å². The average Bonchev–Trinajstić information content (AvgIpc) is 3.18. The van der Waals surface area contributed by atoms with E-state index in [1.807, 2.05) is 36.5 Å². The zero-order valence-corrected chi connectivity index (χ0v) is 18.3. The van der Waals surface area contributed by atoms with Gasteiger partial charge in [0.05, 0.1) is 0 Å². The van der Waals surface area contributed by atoms with Crippen LogP contribution in [-0.4, -0.2) is 49.4 Å². The number of hydrogen-bond acceptors (Lipinski definition) is 3. The van der Waals surface area contributed by atoms with E-state index in [1.165, 1.54) is 3.88 Å². The van der Waals surface area contributed by atoms with Crippen molar-refractivity contribution in [1.82, 2.24) is 10.1 Å². The SMILES string of the molecule is C=CC[N](CC=C)[Ti]([C]1=CC=CC1)([N](CC=C)CC=C)[N](CC=C)CC=C. The molecule has 0 unspecified atom stereocenters. The van der Waals surface area contributed by atoms with Crippen molar-refractivity contribution in [2.24, 2.45) is 0 Å². The zero-order valence-electron chi connectivity index (χ0n) is 16.7. The molecule has 0 aliphatic heterocycles. The monoisotopic (exact) mass is 401 g/mol. The zero-order chi connectivity index (χ0) is 20.1. The van der Waals surface area contributed by atoms with E-state index in [-0.39, 0.29) is 0 Å². The molecule has 0 radical (unpaired) electrons. The molecule has 0 amide bonds. The third-order valence-corrected chi connectivity index (χ3v) is 12.4. The van der Waals surface area contributed by atoms with Crippen molar-refractivity contribution in [2.75, 3.05) is 39.3 Å². The van der Waals surface area contributed by atoms with Crippen molar-refractivity contribution in [1.29, 1.82) is 0 Å². The molecule has 1 aliphatic carbocycles. The maximum absolute atomic E-state index is 4.03. The van der Waals surface area contributed by atoms with Crippen molar-refractivity contribution in [3.05, 3.63) is 98.0 Å². The second kappa shape index (κ2) is 12.8. The molecule has 0 aromatic rings. The first kappa shape index (κ1) is 23.6. The van der Waals surface area contributed by atoms with E-state index < -0.39 is 17.4 Å². The Labute approximate surface area is 171 Å². The van der Waals surface area contributed by atoms with Crippen LogP contribution in [0.4, 0.5) is 0 Å². The summed E-state index contributed by atoms with van der Waals surface area (Å²) in [6, 6.07) is 0. The Bertz CT molecular complexity index is 513. The Balaban J connectivity index is 3.75. The molecule has 0 N–H and O–H groups in total. The molecule has 0 spiro atoms. The van der Waals surface area contributed by atoms with Gasteiger partial charge in [-0.15, -0.1) is 0 Å². The fourth-order valence-corrected chi connectivity index (χ4v) is 12.3. The summed E-state index contributed by atoms with van der Waals surface area (Å²) in [6.07, 6.45) is 19.7. The normalized spacial score (nSPS) is 13.7. The van der Waals surface area contributed by atoms with Crippen LogP contribution in [0, 0.1) is 0 Å². The van der Waals surface area contributed by atoms with E-state index in [4.69, 9.17) is 0 Å². The van der Waals surface area contributed by atoms with Gasteiger partial charge in [0.15, 0.2) is 0 Å². The van der Waals surface area contributed by atoms with Gasteiger partial charge < -0.3 is 0 Å². The third-order valence-electron chi connectivity index (χ3n) is 4.62. The summed E-state index contributed by atoms with van der Waals surface area (Å²) in [7, 11) is 0. The van der Waals surface area contributed by atoms with E-state index in [9.17, 15) is 0 Å². The first-order chi connectivity index (χ1) is 13.2. The predicted octanol–water partition coefficient (Wildman–Crippen LogP) is 4.75. The molecular weight excluding hydrogens is 366 g/mol. The molecule has 0 bridgehead atoms. The number of nitrogens with zero attached hydrogens (tertiary/aromatic N) is 3. The third kappa shape index (κ3) is 5.50. The Morgan fingerprint density at radius 3 is 1.22 bits per heavy atom. The first-order valence-electron chi connectivity index (χ1n) is 9.43. The van der Waals surface area contributed by atoms with Gasteiger partial charge in [-0.3, -0.25) is 0 Å². The molecule has 0 saturated heterocycles. The summed E-state index contributed by atoms with van der Waals surface area (Å²) < 4.78 is 9.24. The summed E-state index contributed by atoms with van der Waals surface area (Å²) in [4.78, 5) is 0. The second-order valence-corrected chi connectivity index (χ2v) is 12.4. The summed E-state index contributed by atoms with van der Waals surface area (Å²) in [5.74, 6) is 0. The Kier molecular flexibility index (Phi) is 11.2. The molecule has 1 aliphatic rings. The second-order valence-electron chi connectivity index (χ2n) is 6.41. The minimum atomic E-state index is -3.21. The van der Waals surface area contributed by atoms with Crippen molar-refractivity contribution in [2.45, 2.75) is 6.42 Å². The molecule has 0 fully saturated rings.